The molecular formula is C14H23F3N2O2. The van der Waals surface area contributed by atoms with Gasteiger partial charge in [0.2, 0.25) is 0 Å². The van der Waals surface area contributed by atoms with Crippen LogP contribution in [0, 0.1) is 0 Å². The molecule has 21 heavy (non-hydrogen) atoms. The number of carboxylic acid groups (broad SMARTS) is 1. The highest BCUT2D eigenvalue weighted by atomic mass is 19.4. The van der Waals surface area contributed by atoms with Crippen molar-refractivity contribution in [2.24, 2.45) is 0 Å². The molecule has 2 fully saturated rings. The van der Waals surface area contributed by atoms with Gasteiger partial charge in [-0.3, -0.25) is 10.1 Å². The first-order valence-corrected chi connectivity index (χ1v) is 7.50. The van der Waals surface area contributed by atoms with Crippen molar-refractivity contribution in [2.45, 2.75) is 68.7 Å². The number of halogens is 3. The number of carbonyl (C=O) groups is 1. The lowest BCUT2D eigenvalue weighted by Crippen LogP contribution is -2.58. The van der Waals surface area contributed by atoms with Crippen LogP contribution in [-0.4, -0.2) is 53.4 Å². The second kappa shape index (κ2) is 6.12. The topological polar surface area (TPSA) is 52.6 Å². The molecule has 0 amide bonds. The van der Waals surface area contributed by atoms with Gasteiger partial charge < -0.3 is 10.0 Å². The highest BCUT2D eigenvalue weighted by Gasteiger charge is 2.46. The zero-order chi connectivity index (χ0) is 15.7. The fourth-order valence-electron chi connectivity index (χ4n) is 3.11. The molecule has 4 nitrogen and oxygen atoms in total. The molecule has 2 aliphatic carbocycles. The van der Waals surface area contributed by atoms with Crippen LogP contribution in [0.4, 0.5) is 13.2 Å². The lowest BCUT2D eigenvalue weighted by molar-refractivity contribution is -0.149. The molecule has 2 unspecified atom stereocenters. The first kappa shape index (κ1) is 16.5. The lowest BCUT2D eigenvalue weighted by Gasteiger charge is -2.42. The summed E-state index contributed by atoms with van der Waals surface area (Å²) in [6, 6.07) is 0.156. The quantitative estimate of drug-likeness (QED) is 0.791. The van der Waals surface area contributed by atoms with Crippen LogP contribution in [0.25, 0.3) is 0 Å². The molecule has 0 spiro atoms. The molecular weight excluding hydrogens is 285 g/mol. The molecule has 0 aromatic heterocycles. The van der Waals surface area contributed by atoms with E-state index in [9.17, 15) is 23.1 Å². The van der Waals surface area contributed by atoms with Gasteiger partial charge >= 0.3 is 12.1 Å². The number of rotatable bonds is 6. The normalized spacial score (nSPS) is 30.6. The van der Waals surface area contributed by atoms with Gasteiger partial charge in [-0.2, -0.15) is 13.2 Å². The van der Waals surface area contributed by atoms with Crippen molar-refractivity contribution >= 4 is 5.97 Å². The Morgan fingerprint density at radius 1 is 1.38 bits per heavy atom. The summed E-state index contributed by atoms with van der Waals surface area (Å²) in [4.78, 5) is 13.3. The first-order chi connectivity index (χ1) is 9.72. The van der Waals surface area contributed by atoms with Crippen molar-refractivity contribution in [2.75, 3.05) is 13.6 Å². The highest BCUT2D eigenvalue weighted by molar-refractivity contribution is 5.79. The summed E-state index contributed by atoms with van der Waals surface area (Å²) in [6.45, 7) is -0.0761. The van der Waals surface area contributed by atoms with Crippen molar-refractivity contribution in [1.29, 1.82) is 0 Å². The van der Waals surface area contributed by atoms with E-state index in [1.807, 2.05) is 0 Å². The third-order valence-electron chi connectivity index (χ3n) is 4.56. The van der Waals surface area contributed by atoms with Gasteiger partial charge in [-0.1, -0.05) is 0 Å². The van der Waals surface area contributed by atoms with Crippen molar-refractivity contribution < 1.29 is 23.1 Å². The van der Waals surface area contributed by atoms with E-state index in [-0.39, 0.29) is 18.6 Å². The minimum Gasteiger partial charge on any atom is -0.480 e. The van der Waals surface area contributed by atoms with E-state index in [4.69, 9.17) is 0 Å². The predicted octanol–water partition coefficient (Wildman–Crippen LogP) is 2.39. The van der Waals surface area contributed by atoms with Gasteiger partial charge in [-0.15, -0.1) is 0 Å². The molecule has 0 aliphatic heterocycles. The van der Waals surface area contributed by atoms with Crippen LogP contribution in [0.2, 0.25) is 0 Å². The third-order valence-corrected chi connectivity index (χ3v) is 4.56. The SMILES string of the molecule is CN(CCC(F)(F)F)C1CCCC(NC2CC2)(C(=O)O)C1. The number of nitrogens with one attached hydrogen (secondary N) is 1. The molecule has 0 radical (unpaired) electrons. The van der Waals surface area contributed by atoms with Crippen LogP contribution in [0.1, 0.15) is 44.9 Å². The van der Waals surface area contributed by atoms with Crippen molar-refractivity contribution in [3.8, 4) is 0 Å². The maximum Gasteiger partial charge on any atom is 0.390 e. The Morgan fingerprint density at radius 2 is 2.05 bits per heavy atom. The Hall–Kier alpha value is -0.820. The fourth-order valence-corrected chi connectivity index (χ4v) is 3.11. The number of nitrogens with zero attached hydrogens (tertiary/aromatic N) is 1. The summed E-state index contributed by atoms with van der Waals surface area (Å²) < 4.78 is 36.9. The third kappa shape index (κ3) is 4.57. The predicted molar refractivity (Wildman–Crippen MR) is 72.1 cm³/mol. The van der Waals surface area contributed by atoms with Crippen molar-refractivity contribution in [3.63, 3.8) is 0 Å². The van der Waals surface area contributed by atoms with Gasteiger partial charge in [0.05, 0.1) is 6.42 Å². The molecule has 0 aromatic rings. The molecule has 0 aromatic carbocycles. The Morgan fingerprint density at radius 3 is 2.57 bits per heavy atom. The molecule has 0 heterocycles. The number of alkyl halides is 3. The van der Waals surface area contributed by atoms with E-state index in [0.29, 0.717) is 12.8 Å². The smallest absolute Gasteiger partial charge is 0.390 e. The zero-order valence-corrected chi connectivity index (χ0v) is 12.2. The Kier molecular flexibility index (Phi) is 4.82. The summed E-state index contributed by atoms with van der Waals surface area (Å²) in [5.41, 5.74) is -0.962. The molecule has 7 heteroatoms. The van der Waals surface area contributed by atoms with Gasteiger partial charge in [0, 0.05) is 18.6 Å². The van der Waals surface area contributed by atoms with Crippen molar-refractivity contribution in [3.05, 3.63) is 0 Å². The van der Waals surface area contributed by atoms with Crippen molar-refractivity contribution in [1.82, 2.24) is 10.2 Å². The van der Waals surface area contributed by atoms with Gasteiger partial charge in [0.25, 0.3) is 0 Å². The van der Waals surface area contributed by atoms with E-state index in [0.717, 1.165) is 25.7 Å². The van der Waals surface area contributed by atoms with E-state index in [1.165, 1.54) is 0 Å². The molecule has 2 N–H and O–H groups in total. The second-order valence-corrected chi connectivity index (χ2v) is 6.40. The minimum atomic E-state index is -4.17. The van der Waals surface area contributed by atoms with E-state index in [1.54, 1.807) is 11.9 Å². The highest BCUT2D eigenvalue weighted by Crippen LogP contribution is 2.35. The summed E-state index contributed by atoms with van der Waals surface area (Å²) in [5, 5.41) is 12.8. The Labute approximate surface area is 122 Å². The maximum absolute atomic E-state index is 12.3. The Balaban J connectivity index is 1.95. The van der Waals surface area contributed by atoms with Gasteiger partial charge in [-0.25, -0.2) is 0 Å². The number of aliphatic carboxylic acids is 1. The maximum atomic E-state index is 12.3. The molecule has 122 valence electrons. The van der Waals surface area contributed by atoms with Crippen LogP contribution < -0.4 is 5.32 Å². The zero-order valence-electron chi connectivity index (χ0n) is 12.2. The van der Waals surface area contributed by atoms with Crippen LogP contribution in [0.3, 0.4) is 0 Å². The molecule has 2 rings (SSSR count). The summed E-state index contributed by atoms with van der Waals surface area (Å²) in [7, 11) is 1.66. The van der Waals surface area contributed by atoms with E-state index in [2.05, 4.69) is 5.32 Å². The molecule has 2 aliphatic rings. The molecule has 2 atom stereocenters. The summed E-state index contributed by atoms with van der Waals surface area (Å²) in [6.07, 6.45) is -0.610. The van der Waals surface area contributed by atoms with Gasteiger partial charge in [-0.05, 0) is 45.6 Å². The molecule has 0 saturated heterocycles. The first-order valence-electron chi connectivity index (χ1n) is 7.50. The Bertz CT molecular complexity index is 385. The van der Waals surface area contributed by atoms with Gasteiger partial charge in [0.15, 0.2) is 0 Å². The van der Waals surface area contributed by atoms with Gasteiger partial charge in [0.1, 0.15) is 5.54 Å². The standard InChI is InChI=1S/C14H23F3N2O2/c1-19(8-7-14(15,16)17)11-3-2-6-13(9-11,12(20)21)18-10-4-5-10/h10-11,18H,2-9H2,1H3,(H,20,21). The summed E-state index contributed by atoms with van der Waals surface area (Å²) in [5.74, 6) is -0.872. The number of carboxylic acids is 1. The average Bonchev–Trinajstić information content (AvgIpc) is 3.19. The van der Waals surface area contributed by atoms with E-state index < -0.39 is 24.1 Å². The molecule has 2 saturated carbocycles. The lowest BCUT2D eigenvalue weighted by atomic mass is 9.78. The van der Waals surface area contributed by atoms with E-state index >= 15 is 0 Å². The minimum absolute atomic E-state index is 0.0761. The fraction of sp³-hybridized carbons (Fsp3) is 0.929. The summed E-state index contributed by atoms with van der Waals surface area (Å²) >= 11 is 0. The van der Waals surface area contributed by atoms with Crippen LogP contribution in [-0.2, 0) is 4.79 Å². The van der Waals surface area contributed by atoms with Crippen LogP contribution >= 0.6 is 0 Å². The average molecular weight is 308 g/mol. The molecule has 0 bridgehead atoms. The number of hydrogen-bond donors (Lipinski definition) is 2. The second-order valence-electron chi connectivity index (χ2n) is 6.40. The van der Waals surface area contributed by atoms with Crippen LogP contribution in [0.15, 0.2) is 0 Å². The van der Waals surface area contributed by atoms with Crippen LogP contribution in [0.5, 0.6) is 0 Å². The largest absolute Gasteiger partial charge is 0.480 e. The number of hydrogen-bond acceptors (Lipinski definition) is 3. The monoisotopic (exact) mass is 308 g/mol.